The zero-order valence-corrected chi connectivity index (χ0v) is 20.4. The van der Waals surface area contributed by atoms with Gasteiger partial charge in [0.15, 0.2) is 22.1 Å². The summed E-state index contributed by atoms with van der Waals surface area (Å²) in [4.78, 5) is 20.8. The van der Waals surface area contributed by atoms with Crippen molar-refractivity contribution in [1.82, 2.24) is 20.3 Å². The molecule has 1 aliphatic heterocycles. The van der Waals surface area contributed by atoms with E-state index in [4.69, 9.17) is 9.15 Å². The lowest BCUT2D eigenvalue weighted by molar-refractivity contribution is 0.0995. The molecule has 1 aliphatic rings. The zero-order valence-electron chi connectivity index (χ0n) is 18.9. The Morgan fingerprint density at radius 1 is 1.26 bits per heavy atom. The van der Waals surface area contributed by atoms with Crippen LogP contribution in [0.2, 0.25) is 0 Å². The van der Waals surface area contributed by atoms with Crippen molar-refractivity contribution in [2.75, 3.05) is 36.3 Å². The number of hydrogen-bond donors (Lipinski definition) is 4. The Balaban J connectivity index is 1.51. The van der Waals surface area contributed by atoms with Crippen LogP contribution in [0.15, 0.2) is 45.6 Å². The lowest BCUT2D eigenvalue weighted by Gasteiger charge is -2.35. The minimum Gasteiger partial charge on any atom is -0.495 e. The number of carbonyl (C=O) groups excluding carboxylic acids is 1. The number of halogens is 2. The molecule has 34 heavy (non-hydrogen) atoms. The van der Waals surface area contributed by atoms with Gasteiger partial charge >= 0.3 is 0 Å². The number of benzene rings is 1. The maximum atomic E-state index is 14.5. The second-order valence-electron chi connectivity index (χ2n) is 7.97. The van der Waals surface area contributed by atoms with Gasteiger partial charge in [-0.25, -0.2) is 14.4 Å². The number of aromatic nitrogens is 2. The molecule has 1 amide bonds. The molecule has 1 fully saturated rings. The summed E-state index contributed by atoms with van der Waals surface area (Å²) in [5, 5.41) is 11.1. The van der Waals surface area contributed by atoms with Crippen LogP contribution in [0.5, 0.6) is 5.75 Å². The van der Waals surface area contributed by atoms with Crippen molar-refractivity contribution in [2.45, 2.75) is 25.9 Å². The first-order valence-corrected chi connectivity index (χ1v) is 11.4. The predicted molar refractivity (Wildman–Crippen MR) is 130 cm³/mol. The molecule has 3 aromatic rings. The quantitative estimate of drug-likeness (QED) is 0.357. The second kappa shape index (κ2) is 10.4. The van der Waals surface area contributed by atoms with Crippen molar-refractivity contribution in [1.29, 1.82) is 0 Å². The summed E-state index contributed by atoms with van der Waals surface area (Å²) in [5.74, 6) is -0.255. The average molecular weight is 534 g/mol. The third-order valence-corrected chi connectivity index (χ3v) is 5.49. The van der Waals surface area contributed by atoms with Crippen LogP contribution in [-0.2, 0) is 0 Å². The third kappa shape index (κ3) is 5.82. The van der Waals surface area contributed by atoms with E-state index in [0.29, 0.717) is 33.9 Å². The van der Waals surface area contributed by atoms with Crippen LogP contribution in [0, 0.1) is 5.82 Å². The molecule has 0 spiro atoms. The summed E-state index contributed by atoms with van der Waals surface area (Å²) in [5.41, 5.74) is 4.01. The Labute approximate surface area is 204 Å². The molecule has 4 N–H and O–H groups in total. The van der Waals surface area contributed by atoms with Crippen molar-refractivity contribution in [2.24, 2.45) is 0 Å². The molecule has 2 aromatic heterocycles. The predicted octanol–water partition coefficient (Wildman–Crippen LogP) is 3.98. The molecule has 180 valence electrons. The molecule has 2 atom stereocenters. The van der Waals surface area contributed by atoms with Gasteiger partial charge in [-0.3, -0.25) is 10.2 Å². The average Bonchev–Trinajstić information content (AvgIpc) is 3.22. The molecule has 0 bridgehead atoms. The smallest absolute Gasteiger partial charge is 0.291 e. The first-order chi connectivity index (χ1) is 16.3. The number of carbonyl (C=O) groups is 1. The molecule has 3 heterocycles. The van der Waals surface area contributed by atoms with Gasteiger partial charge in [-0.1, -0.05) is 0 Å². The molecule has 10 nitrogen and oxygen atoms in total. The number of anilines is 4. The lowest BCUT2D eigenvalue weighted by Crippen LogP contribution is -2.55. The van der Waals surface area contributed by atoms with Gasteiger partial charge in [-0.05, 0) is 60.1 Å². The number of ether oxygens (including phenoxy) is 1. The number of furan rings is 1. The minimum absolute atomic E-state index is 0.00820. The van der Waals surface area contributed by atoms with Crippen molar-refractivity contribution in [3.8, 4) is 5.75 Å². The Morgan fingerprint density at radius 3 is 2.71 bits per heavy atom. The fraction of sp³-hybridized carbons (Fsp3) is 0.318. The fourth-order valence-electron chi connectivity index (χ4n) is 3.71. The number of piperazine rings is 1. The van der Waals surface area contributed by atoms with E-state index >= 15 is 0 Å². The maximum absolute atomic E-state index is 14.5. The summed E-state index contributed by atoms with van der Waals surface area (Å²) in [6.07, 6.45) is 1.10. The number of rotatable bonds is 7. The van der Waals surface area contributed by atoms with E-state index in [-0.39, 0.29) is 17.5 Å². The van der Waals surface area contributed by atoms with Gasteiger partial charge in [-0.2, -0.15) is 4.98 Å². The maximum Gasteiger partial charge on any atom is 0.291 e. The van der Waals surface area contributed by atoms with Gasteiger partial charge in [-0.15, -0.1) is 0 Å². The number of amides is 1. The lowest BCUT2D eigenvalue weighted by atomic mass is 10.2. The fourth-order valence-corrected chi connectivity index (χ4v) is 4.02. The van der Waals surface area contributed by atoms with E-state index < -0.39 is 11.7 Å². The summed E-state index contributed by atoms with van der Waals surface area (Å²) in [6.45, 7) is 5.68. The van der Waals surface area contributed by atoms with Crippen molar-refractivity contribution < 1.29 is 18.3 Å². The molecule has 0 aliphatic carbocycles. The second-order valence-corrected chi connectivity index (χ2v) is 8.76. The van der Waals surface area contributed by atoms with E-state index in [1.807, 2.05) is 5.01 Å². The summed E-state index contributed by atoms with van der Waals surface area (Å²) < 4.78 is 25.5. The van der Waals surface area contributed by atoms with Gasteiger partial charge < -0.3 is 25.1 Å². The molecule has 12 heteroatoms. The summed E-state index contributed by atoms with van der Waals surface area (Å²) in [7, 11) is 1.49. The van der Waals surface area contributed by atoms with Gasteiger partial charge in [0.05, 0.1) is 19.0 Å². The monoisotopic (exact) mass is 533 g/mol. The highest BCUT2D eigenvalue weighted by atomic mass is 79.9. The van der Waals surface area contributed by atoms with Crippen LogP contribution in [0.3, 0.4) is 0 Å². The largest absolute Gasteiger partial charge is 0.495 e. The van der Waals surface area contributed by atoms with Crippen LogP contribution >= 0.6 is 15.9 Å². The standard InChI is InChI=1S/C22H25BrFN7O3/c1-12-10-31(11-13(2)26-12)30-22-25-9-15(24)20(29-22)27-14-4-5-17(33-3)16(8-14)28-21(32)18-6-7-19(23)34-18/h4-9,12-13,26H,10-11H2,1-3H3,(H,28,32)(H2,25,27,29,30)/t12-,13+. The van der Waals surface area contributed by atoms with Gasteiger partial charge in [0, 0.05) is 30.9 Å². The number of hydrogen-bond acceptors (Lipinski definition) is 9. The van der Waals surface area contributed by atoms with Crippen LogP contribution in [0.4, 0.5) is 27.5 Å². The van der Waals surface area contributed by atoms with Crippen LogP contribution in [0.1, 0.15) is 24.4 Å². The van der Waals surface area contributed by atoms with Crippen LogP contribution in [-0.4, -0.2) is 53.2 Å². The molecule has 0 saturated carbocycles. The van der Waals surface area contributed by atoms with E-state index in [1.54, 1.807) is 30.3 Å². The Bertz CT molecular complexity index is 1170. The Kier molecular flexibility index (Phi) is 7.29. The van der Waals surface area contributed by atoms with Crippen molar-refractivity contribution >= 4 is 45.0 Å². The topological polar surface area (TPSA) is 117 Å². The molecule has 4 rings (SSSR count). The molecule has 0 unspecified atom stereocenters. The first-order valence-electron chi connectivity index (χ1n) is 10.6. The summed E-state index contributed by atoms with van der Waals surface area (Å²) >= 11 is 3.17. The number of methoxy groups -OCH3 is 1. The number of nitrogens with zero attached hydrogens (tertiary/aromatic N) is 3. The summed E-state index contributed by atoms with van der Waals surface area (Å²) in [6, 6.07) is 8.70. The SMILES string of the molecule is COc1ccc(Nc2nc(NN3C[C@@H](C)N[C@@H](C)C3)ncc2F)cc1NC(=O)c1ccc(Br)o1. The zero-order chi connectivity index (χ0) is 24.2. The first kappa shape index (κ1) is 23.9. The van der Waals surface area contributed by atoms with Gasteiger partial charge in [0.1, 0.15) is 5.75 Å². The van der Waals surface area contributed by atoms with E-state index in [9.17, 15) is 9.18 Å². The normalized spacial score (nSPS) is 18.4. The molecular weight excluding hydrogens is 509 g/mol. The van der Waals surface area contributed by atoms with E-state index in [0.717, 1.165) is 19.3 Å². The van der Waals surface area contributed by atoms with Gasteiger partial charge in [0.25, 0.3) is 5.91 Å². The Morgan fingerprint density at radius 2 is 2.03 bits per heavy atom. The molecule has 1 saturated heterocycles. The highest BCUT2D eigenvalue weighted by Crippen LogP contribution is 2.30. The highest BCUT2D eigenvalue weighted by Gasteiger charge is 2.22. The highest BCUT2D eigenvalue weighted by molar-refractivity contribution is 9.10. The number of nitrogens with one attached hydrogen (secondary N) is 4. The van der Waals surface area contributed by atoms with Crippen molar-refractivity contribution in [3.05, 3.63) is 52.8 Å². The number of hydrazine groups is 1. The molecule has 0 radical (unpaired) electrons. The molecule has 1 aromatic carbocycles. The third-order valence-electron chi connectivity index (χ3n) is 5.07. The molecular formula is C22H25BrFN7O3. The van der Waals surface area contributed by atoms with Crippen LogP contribution in [0.25, 0.3) is 0 Å². The van der Waals surface area contributed by atoms with Crippen LogP contribution < -0.4 is 26.1 Å². The minimum atomic E-state index is -0.616. The Hall–Kier alpha value is -3.22. The van der Waals surface area contributed by atoms with E-state index in [1.165, 1.54) is 7.11 Å². The van der Waals surface area contributed by atoms with Crippen molar-refractivity contribution in [3.63, 3.8) is 0 Å². The van der Waals surface area contributed by atoms with Gasteiger partial charge in [0.2, 0.25) is 5.95 Å². The van der Waals surface area contributed by atoms with E-state index in [2.05, 4.69) is 61.1 Å².